The Bertz CT molecular complexity index is 516. The Balaban J connectivity index is 2.59. The highest BCUT2D eigenvalue weighted by molar-refractivity contribution is 5.83. The fourth-order valence-electron chi connectivity index (χ4n) is 1.69. The minimum atomic E-state index is 0.0645. The molecule has 0 aromatic heterocycles. The lowest BCUT2D eigenvalue weighted by atomic mass is 10.00. The summed E-state index contributed by atoms with van der Waals surface area (Å²) in [7, 11) is 0. The van der Waals surface area contributed by atoms with Crippen molar-refractivity contribution in [3.63, 3.8) is 0 Å². The van der Waals surface area contributed by atoms with Gasteiger partial charge in [0, 0.05) is 0 Å². The zero-order valence-corrected chi connectivity index (χ0v) is 8.97. The molecule has 0 amide bonds. The molecule has 0 aliphatic heterocycles. The third-order valence-corrected chi connectivity index (χ3v) is 2.56. The van der Waals surface area contributed by atoms with Gasteiger partial charge >= 0.3 is 0 Å². The minimum Gasteiger partial charge on any atom is -0.507 e. The molecular formula is C14H12O2. The second-order valence-electron chi connectivity index (χ2n) is 3.71. The standard InChI is InChI=1S/C14H12O2/c1-10-7-12(8-13(9-15)14(10)16)11-5-3-2-4-6-11/h2-9,16H,1H3. The summed E-state index contributed by atoms with van der Waals surface area (Å²) in [6.45, 7) is 1.79. The van der Waals surface area contributed by atoms with E-state index in [-0.39, 0.29) is 5.75 Å². The smallest absolute Gasteiger partial charge is 0.153 e. The van der Waals surface area contributed by atoms with E-state index in [9.17, 15) is 9.90 Å². The van der Waals surface area contributed by atoms with Gasteiger partial charge in [0.05, 0.1) is 5.56 Å². The molecule has 0 bridgehead atoms. The van der Waals surface area contributed by atoms with Crippen molar-refractivity contribution in [1.29, 1.82) is 0 Å². The zero-order chi connectivity index (χ0) is 11.5. The number of carbonyl (C=O) groups is 1. The number of aldehydes is 1. The van der Waals surface area contributed by atoms with Crippen LogP contribution in [0, 0.1) is 6.92 Å². The summed E-state index contributed by atoms with van der Waals surface area (Å²) in [6, 6.07) is 13.3. The fraction of sp³-hybridized carbons (Fsp3) is 0.0714. The van der Waals surface area contributed by atoms with E-state index in [1.54, 1.807) is 13.0 Å². The summed E-state index contributed by atoms with van der Waals surface area (Å²) in [5.74, 6) is 0.0645. The Hall–Kier alpha value is -2.09. The van der Waals surface area contributed by atoms with Crippen molar-refractivity contribution in [3.05, 3.63) is 53.6 Å². The molecule has 2 nitrogen and oxygen atoms in total. The van der Waals surface area contributed by atoms with Crippen LogP contribution >= 0.6 is 0 Å². The molecule has 0 saturated carbocycles. The number of aryl methyl sites for hydroxylation is 1. The number of hydrogen-bond acceptors (Lipinski definition) is 2. The van der Waals surface area contributed by atoms with E-state index in [0.29, 0.717) is 17.4 Å². The van der Waals surface area contributed by atoms with Crippen LogP contribution in [-0.2, 0) is 0 Å². The van der Waals surface area contributed by atoms with E-state index in [1.807, 2.05) is 36.4 Å². The molecule has 16 heavy (non-hydrogen) atoms. The molecule has 2 heteroatoms. The molecule has 1 N–H and O–H groups in total. The molecule has 0 aliphatic carbocycles. The number of benzene rings is 2. The molecule has 0 unspecified atom stereocenters. The van der Waals surface area contributed by atoms with Gasteiger partial charge in [-0.15, -0.1) is 0 Å². The Morgan fingerprint density at radius 1 is 1.06 bits per heavy atom. The summed E-state index contributed by atoms with van der Waals surface area (Å²) in [5, 5.41) is 9.64. The van der Waals surface area contributed by atoms with Crippen molar-refractivity contribution in [2.75, 3.05) is 0 Å². The average Bonchev–Trinajstić information content (AvgIpc) is 2.33. The molecule has 2 aromatic rings. The SMILES string of the molecule is Cc1cc(-c2ccccc2)cc(C=O)c1O. The van der Waals surface area contributed by atoms with Crippen LogP contribution in [0.3, 0.4) is 0 Å². The lowest BCUT2D eigenvalue weighted by molar-refractivity contribution is 0.112. The van der Waals surface area contributed by atoms with Gasteiger partial charge < -0.3 is 5.11 Å². The first-order valence-corrected chi connectivity index (χ1v) is 5.06. The largest absolute Gasteiger partial charge is 0.507 e. The van der Waals surface area contributed by atoms with E-state index >= 15 is 0 Å². The first-order chi connectivity index (χ1) is 7.72. The topological polar surface area (TPSA) is 37.3 Å². The van der Waals surface area contributed by atoms with Crippen LogP contribution < -0.4 is 0 Å². The van der Waals surface area contributed by atoms with Gasteiger partial charge in [-0.3, -0.25) is 4.79 Å². The predicted octanol–water partition coefficient (Wildman–Crippen LogP) is 3.18. The number of phenols is 1. The normalized spacial score (nSPS) is 10.1. The third kappa shape index (κ3) is 1.82. The summed E-state index contributed by atoms with van der Waals surface area (Å²) < 4.78 is 0. The highest BCUT2D eigenvalue weighted by atomic mass is 16.3. The lowest BCUT2D eigenvalue weighted by Gasteiger charge is -2.07. The monoisotopic (exact) mass is 212 g/mol. The Labute approximate surface area is 94.2 Å². The van der Waals surface area contributed by atoms with Gasteiger partial charge in [0.1, 0.15) is 5.75 Å². The Morgan fingerprint density at radius 3 is 2.38 bits per heavy atom. The molecule has 0 spiro atoms. The van der Waals surface area contributed by atoms with Crippen molar-refractivity contribution in [2.45, 2.75) is 6.92 Å². The Morgan fingerprint density at radius 2 is 1.75 bits per heavy atom. The van der Waals surface area contributed by atoms with Gasteiger partial charge in [0.25, 0.3) is 0 Å². The number of carbonyl (C=O) groups excluding carboxylic acids is 1. The molecule has 0 saturated heterocycles. The van der Waals surface area contributed by atoms with Crippen molar-refractivity contribution in [2.24, 2.45) is 0 Å². The van der Waals surface area contributed by atoms with Crippen LogP contribution in [-0.4, -0.2) is 11.4 Å². The molecule has 2 aromatic carbocycles. The molecule has 0 aliphatic rings. The molecule has 0 atom stereocenters. The average molecular weight is 212 g/mol. The number of aromatic hydroxyl groups is 1. The van der Waals surface area contributed by atoms with Crippen molar-refractivity contribution >= 4 is 6.29 Å². The van der Waals surface area contributed by atoms with Gasteiger partial charge in [0.15, 0.2) is 6.29 Å². The molecule has 0 radical (unpaired) electrons. The molecule has 80 valence electrons. The van der Waals surface area contributed by atoms with Gasteiger partial charge in [-0.1, -0.05) is 30.3 Å². The first-order valence-electron chi connectivity index (χ1n) is 5.06. The molecule has 0 heterocycles. The maximum absolute atomic E-state index is 10.8. The van der Waals surface area contributed by atoms with Crippen LogP contribution in [0.2, 0.25) is 0 Å². The van der Waals surface area contributed by atoms with E-state index in [4.69, 9.17) is 0 Å². The second kappa shape index (κ2) is 4.19. The summed E-state index contributed by atoms with van der Waals surface area (Å²) >= 11 is 0. The molecule has 0 fully saturated rings. The number of rotatable bonds is 2. The second-order valence-corrected chi connectivity index (χ2v) is 3.71. The van der Waals surface area contributed by atoms with Gasteiger partial charge in [-0.2, -0.15) is 0 Å². The van der Waals surface area contributed by atoms with E-state index in [2.05, 4.69) is 0 Å². The van der Waals surface area contributed by atoms with Crippen LogP contribution in [0.1, 0.15) is 15.9 Å². The van der Waals surface area contributed by atoms with E-state index in [1.165, 1.54) is 0 Å². The van der Waals surface area contributed by atoms with Crippen LogP contribution in [0.25, 0.3) is 11.1 Å². The number of phenolic OH excluding ortho intramolecular Hbond substituents is 1. The number of hydrogen-bond donors (Lipinski definition) is 1. The third-order valence-electron chi connectivity index (χ3n) is 2.56. The highest BCUT2D eigenvalue weighted by Crippen LogP contribution is 2.28. The summed E-state index contributed by atoms with van der Waals surface area (Å²) in [5.41, 5.74) is 3.02. The van der Waals surface area contributed by atoms with Crippen molar-refractivity contribution in [1.82, 2.24) is 0 Å². The van der Waals surface area contributed by atoms with Crippen LogP contribution in [0.5, 0.6) is 5.75 Å². The zero-order valence-electron chi connectivity index (χ0n) is 8.97. The van der Waals surface area contributed by atoms with Gasteiger partial charge in [0.2, 0.25) is 0 Å². The fourth-order valence-corrected chi connectivity index (χ4v) is 1.69. The molecule has 2 rings (SSSR count). The minimum absolute atomic E-state index is 0.0645. The highest BCUT2D eigenvalue weighted by Gasteiger charge is 2.07. The van der Waals surface area contributed by atoms with Crippen LogP contribution in [0.15, 0.2) is 42.5 Å². The van der Waals surface area contributed by atoms with E-state index in [0.717, 1.165) is 11.1 Å². The van der Waals surface area contributed by atoms with Gasteiger partial charge in [-0.25, -0.2) is 0 Å². The maximum atomic E-state index is 10.8. The quantitative estimate of drug-likeness (QED) is 0.776. The van der Waals surface area contributed by atoms with Crippen molar-refractivity contribution in [3.8, 4) is 16.9 Å². The summed E-state index contributed by atoms with van der Waals surface area (Å²) in [6.07, 6.45) is 0.675. The predicted molar refractivity (Wildman–Crippen MR) is 63.7 cm³/mol. The Kier molecular flexibility index (Phi) is 2.73. The van der Waals surface area contributed by atoms with Crippen LogP contribution in [0.4, 0.5) is 0 Å². The first kappa shape index (κ1) is 10.4. The van der Waals surface area contributed by atoms with Crippen molar-refractivity contribution < 1.29 is 9.90 Å². The lowest BCUT2D eigenvalue weighted by Crippen LogP contribution is -1.87. The molecular weight excluding hydrogens is 200 g/mol. The maximum Gasteiger partial charge on any atom is 0.153 e. The van der Waals surface area contributed by atoms with E-state index < -0.39 is 0 Å². The van der Waals surface area contributed by atoms with Gasteiger partial charge in [-0.05, 0) is 35.7 Å². The summed E-state index contributed by atoms with van der Waals surface area (Å²) in [4.78, 5) is 10.8.